The fourth-order valence-electron chi connectivity index (χ4n) is 1.70. The molecule has 0 bridgehead atoms. The van der Waals surface area contributed by atoms with E-state index >= 15 is 0 Å². The fraction of sp³-hybridized carbons (Fsp3) is 0.357. The summed E-state index contributed by atoms with van der Waals surface area (Å²) in [4.78, 5) is 0. The van der Waals surface area contributed by atoms with Gasteiger partial charge in [0.05, 0.1) is 12.5 Å². The van der Waals surface area contributed by atoms with Crippen LogP contribution in [0.15, 0.2) is 43.0 Å². The van der Waals surface area contributed by atoms with E-state index in [-0.39, 0.29) is 12.1 Å². The van der Waals surface area contributed by atoms with Crippen LogP contribution in [0.2, 0.25) is 0 Å². The normalized spacial score (nSPS) is 13.8. The van der Waals surface area contributed by atoms with E-state index < -0.39 is 0 Å². The molecule has 1 aromatic rings. The third-order valence-corrected chi connectivity index (χ3v) is 2.62. The number of hydrogen-bond acceptors (Lipinski definition) is 2. The lowest BCUT2D eigenvalue weighted by Gasteiger charge is -2.21. The molecule has 2 nitrogen and oxygen atoms in total. The minimum Gasteiger partial charge on any atom is -0.303 e. The quantitative estimate of drug-likeness (QED) is 0.738. The van der Waals surface area contributed by atoms with Crippen LogP contribution >= 0.6 is 0 Å². The second-order valence-corrected chi connectivity index (χ2v) is 3.74. The van der Waals surface area contributed by atoms with Gasteiger partial charge in [-0.2, -0.15) is 5.26 Å². The van der Waals surface area contributed by atoms with Crippen molar-refractivity contribution in [3.8, 4) is 6.07 Å². The van der Waals surface area contributed by atoms with Crippen molar-refractivity contribution in [1.29, 1.82) is 5.26 Å². The Hall–Kier alpha value is -1.59. The number of nitriles is 1. The van der Waals surface area contributed by atoms with Crippen molar-refractivity contribution in [2.24, 2.45) is 0 Å². The van der Waals surface area contributed by atoms with Gasteiger partial charge in [-0.1, -0.05) is 43.3 Å². The molecule has 84 valence electrons. The second kappa shape index (κ2) is 6.81. The van der Waals surface area contributed by atoms with E-state index in [9.17, 15) is 0 Å². The Kier molecular flexibility index (Phi) is 5.31. The van der Waals surface area contributed by atoms with Gasteiger partial charge in [0.25, 0.3) is 0 Å². The van der Waals surface area contributed by atoms with Gasteiger partial charge in [0, 0.05) is 12.1 Å². The van der Waals surface area contributed by atoms with Crippen LogP contribution in [0.4, 0.5) is 0 Å². The Labute approximate surface area is 97.6 Å². The van der Waals surface area contributed by atoms with Crippen LogP contribution in [0.3, 0.4) is 0 Å². The first-order valence-electron chi connectivity index (χ1n) is 5.62. The lowest BCUT2D eigenvalue weighted by molar-refractivity contribution is 0.475. The summed E-state index contributed by atoms with van der Waals surface area (Å²) in [5, 5.41) is 12.1. The Morgan fingerprint density at radius 1 is 1.44 bits per heavy atom. The molecule has 0 aliphatic heterocycles. The molecule has 1 rings (SSSR count). The summed E-state index contributed by atoms with van der Waals surface area (Å²) in [5.41, 5.74) is 1.26. The van der Waals surface area contributed by atoms with Crippen molar-refractivity contribution < 1.29 is 0 Å². The molecule has 1 aromatic carbocycles. The van der Waals surface area contributed by atoms with E-state index in [2.05, 4.69) is 37.0 Å². The van der Waals surface area contributed by atoms with Gasteiger partial charge in [-0.15, -0.1) is 6.58 Å². The molecular weight excluding hydrogens is 196 g/mol. The Bertz CT molecular complexity index is 351. The molecule has 0 radical (unpaired) electrons. The van der Waals surface area contributed by atoms with Crippen LogP contribution in [0.25, 0.3) is 0 Å². The Morgan fingerprint density at radius 2 is 2.12 bits per heavy atom. The Morgan fingerprint density at radius 3 is 2.62 bits per heavy atom. The van der Waals surface area contributed by atoms with E-state index in [0.29, 0.717) is 6.42 Å². The first-order valence-corrected chi connectivity index (χ1v) is 5.62. The van der Waals surface area contributed by atoms with E-state index in [1.807, 2.05) is 18.2 Å². The van der Waals surface area contributed by atoms with Gasteiger partial charge in [0.2, 0.25) is 0 Å². The minimum atomic E-state index is 0.0650. The van der Waals surface area contributed by atoms with Gasteiger partial charge in [0.15, 0.2) is 0 Å². The fourth-order valence-corrected chi connectivity index (χ4v) is 1.70. The van der Waals surface area contributed by atoms with Crippen LogP contribution in [-0.2, 0) is 0 Å². The van der Waals surface area contributed by atoms with Gasteiger partial charge in [-0.05, 0) is 12.0 Å². The van der Waals surface area contributed by atoms with Crippen molar-refractivity contribution in [3.63, 3.8) is 0 Å². The summed E-state index contributed by atoms with van der Waals surface area (Å²) in [6, 6.07) is 12.8. The number of rotatable bonds is 6. The molecule has 2 unspecified atom stereocenters. The molecule has 0 aliphatic rings. The van der Waals surface area contributed by atoms with Crippen LogP contribution in [-0.4, -0.2) is 6.04 Å². The highest BCUT2D eigenvalue weighted by Gasteiger charge is 2.12. The van der Waals surface area contributed by atoms with E-state index in [1.165, 1.54) is 5.56 Å². The molecule has 0 aliphatic carbocycles. The molecule has 0 saturated heterocycles. The highest BCUT2D eigenvalue weighted by Crippen LogP contribution is 2.17. The standard InChI is InChI=1S/C14H18N2/c1-3-13(10-11-15)16-14(4-2)12-8-6-5-7-9-12/h3,5-9,13-14,16H,1,4,10H2,2H3. The summed E-state index contributed by atoms with van der Waals surface area (Å²) < 4.78 is 0. The summed E-state index contributed by atoms with van der Waals surface area (Å²) >= 11 is 0. The van der Waals surface area contributed by atoms with E-state index in [1.54, 1.807) is 6.08 Å². The summed E-state index contributed by atoms with van der Waals surface area (Å²) in [6.45, 7) is 5.88. The highest BCUT2D eigenvalue weighted by molar-refractivity contribution is 5.19. The van der Waals surface area contributed by atoms with Crippen LogP contribution in [0.5, 0.6) is 0 Å². The third kappa shape index (κ3) is 3.52. The Balaban J connectivity index is 2.69. The van der Waals surface area contributed by atoms with Crippen LogP contribution in [0.1, 0.15) is 31.4 Å². The van der Waals surface area contributed by atoms with Crippen molar-refractivity contribution in [1.82, 2.24) is 5.32 Å². The third-order valence-electron chi connectivity index (χ3n) is 2.62. The minimum absolute atomic E-state index is 0.0650. The number of benzene rings is 1. The van der Waals surface area contributed by atoms with Gasteiger partial charge in [-0.3, -0.25) is 0 Å². The molecular formula is C14H18N2. The van der Waals surface area contributed by atoms with Crippen molar-refractivity contribution in [2.75, 3.05) is 0 Å². The molecule has 0 spiro atoms. The number of nitrogens with one attached hydrogen (secondary N) is 1. The predicted octanol–water partition coefficient (Wildman–Crippen LogP) is 3.20. The highest BCUT2D eigenvalue weighted by atomic mass is 14.9. The van der Waals surface area contributed by atoms with Crippen LogP contribution < -0.4 is 5.32 Å². The largest absolute Gasteiger partial charge is 0.303 e. The molecule has 0 heterocycles. The monoisotopic (exact) mass is 214 g/mol. The smallest absolute Gasteiger partial charge is 0.0641 e. The molecule has 0 saturated carbocycles. The number of nitrogens with zero attached hydrogens (tertiary/aromatic N) is 1. The molecule has 16 heavy (non-hydrogen) atoms. The van der Waals surface area contributed by atoms with E-state index in [4.69, 9.17) is 5.26 Å². The second-order valence-electron chi connectivity index (χ2n) is 3.74. The zero-order valence-electron chi connectivity index (χ0n) is 9.69. The molecule has 1 N–H and O–H groups in total. The molecule has 0 amide bonds. The van der Waals surface area contributed by atoms with Crippen molar-refractivity contribution >= 4 is 0 Å². The maximum absolute atomic E-state index is 8.69. The maximum Gasteiger partial charge on any atom is 0.0641 e. The molecule has 2 atom stereocenters. The van der Waals surface area contributed by atoms with Gasteiger partial charge in [-0.25, -0.2) is 0 Å². The van der Waals surface area contributed by atoms with Gasteiger partial charge >= 0.3 is 0 Å². The zero-order chi connectivity index (χ0) is 11.8. The molecule has 0 aromatic heterocycles. The number of hydrogen-bond donors (Lipinski definition) is 1. The average molecular weight is 214 g/mol. The molecule has 0 fully saturated rings. The maximum atomic E-state index is 8.69. The lowest BCUT2D eigenvalue weighted by atomic mass is 10.0. The lowest BCUT2D eigenvalue weighted by Crippen LogP contribution is -2.30. The van der Waals surface area contributed by atoms with Crippen LogP contribution in [0, 0.1) is 11.3 Å². The SMILES string of the molecule is C=CC(CC#N)NC(CC)c1ccccc1. The van der Waals surface area contributed by atoms with E-state index in [0.717, 1.165) is 6.42 Å². The topological polar surface area (TPSA) is 35.8 Å². The predicted molar refractivity (Wildman–Crippen MR) is 66.8 cm³/mol. The average Bonchev–Trinajstić information content (AvgIpc) is 2.35. The van der Waals surface area contributed by atoms with Gasteiger partial charge < -0.3 is 5.32 Å². The first-order chi connectivity index (χ1) is 7.81. The summed E-state index contributed by atoms with van der Waals surface area (Å²) in [7, 11) is 0. The van der Waals surface area contributed by atoms with Crippen molar-refractivity contribution in [3.05, 3.63) is 48.6 Å². The van der Waals surface area contributed by atoms with Gasteiger partial charge in [0.1, 0.15) is 0 Å². The summed E-state index contributed by atoms with van der Waals surface area (Å²) in [6.07, 6.45) is 3.27. The zero-order valence-corrected chi connectivity index (χ0v) is 9.69. The summed E-state index contributed by atoms with van der Waals surface area (Å²) in [5.74, 6) is 0. The van der Waals surface area contributed by atoms with Crippen molar-refractivity contribution in [2.45, 2.75) is 31.8 Å². The first kappa shape index (κ1) is 12.5. The molecule has 2 heteroatoms.